The number of esters is 1. The number of ether oxygens (including phenoxy) is 2. The number of aryl methyl sites for hydroxylation is 1. The van der Waals surface area contributed by atoms with Gasteiger partial charge in [0, 0.05) is 10.4 Å². The van der Waals surface area contributed by atoms with Crippen molar-refractivity contribution in [3.05, 3.63) is 113 Å². The minimum atomic E-state index is -0.725. The lowest BCUT2D eigenvalue weighted by atomic mass is 9.93. The first kappa shape index (κ1) is 24.0. The van der Waals surface area contributed by atoms with Crippen LogP contribution in [0.15, 0.2) is 81.4 Å². The van der Waals surface area contributed by atoms with Crippen LogP contribution in [0.2, 0.25) is 0 Å². The molecule has 1 aliphatic heterocycles. The zero-order chi connectivity index (χ0) is 25.2. The quantitative estimate of drug-likeness (QED) is 0.358. The maximum absolute atomic E-state index is 13.8. The summed E-state index contributed by atoms with van der Waals surface area (Å²) in [5.74, 6) is 0.126. The van der Waals surface area contributed by atoms with E-state index in [1.54, 1.807) is 29.9 Å². The number of carbonyl (C=O) groups excluding carboxylic acids is 1. The monoisotopic (exact) mass is 516 g/mol. The van der Waals surface area contributed by atoms with Gasteiger partial charge < -0.3 is 9.47 Å². The number of thiazole rings is 1. The highest BCUT2D eigenvalue weighted by Crippen LogP contribution is 2.36. The molecule has 0 amide bonds. The predicted molar refractivity (Wildman–Crippen MR) is 143 cm³/mol. The van der Waals surface area contributed by atoms with Crippen LogP contribution < -0.4 is 19.6 Å². The lowest BCUT2D eigenvalue weighted by Gasteiger charge is -2.26. The summed E-state index contributed by atoms with van der Waals surface area (Å²) in [6.07, 6.45) is 1.91. The van der Waals surface area contributed by atoms with E-state index in [0.717, 1.165) is 21.6 Å². The van der Waals surface area contributed by atoms with Crippen LogP contribution >= 0.6 is 22.7 Å². The molecule has 0 saturated carbocycles. The van der Waals surface area contributed by atoms with Crippen LogP contribution in [0.4, 0.5) is 0 Å². The van der Waals surface area contributed by atoms with E-state index in [0.29, 0.717) is 26.4 Å². The van der Waals surface area contributed by atoms with Gasteiger partial charge in [-0.2, -0.15) is 0 Å². The summed E-state index contributed by atoms with van der Waals surface area (Å²) >= 11 is 2.90. The second-order valence-electron chi connectivity index (χ2n) is 8.18. The Balaban J connectivity index is 1.85. The van der Waals surface area contributed by atoms with Gasteiger partial charge in [0.2, 0.25) is 0 Å². The minimum Gasteiger partial charge on any atom is -0.497 e. The van der Waals surface area contributed by atoms with Crippen LogP contribution in [-0.2, 0) is 9.53 Å². The largest absolute Gasteiger partial charge is 0.497 e. The van der Waals surface area contributed by atoms with E-state index in [1.807, 2.05) is 79.0 Å². The van der Waals surface area contributed by atoms with E-state index in [-0.39, 0.29) is 12.2 Å². The average Bonchev–Trinajstić information content (AvgIpc) is 3.45. The third kappa shape index (κ3) is 4.34. The minimum absolute atomic E-state index is 0.201. The number of rotatable bonds is 6. The normalized spacial score (nSPS) is 15.4. The number of nitrogens with zero attached hydrogens (tertiary/aromatic N) is 2. The molecule has 1 atom stereocenters. The molecule has 8 heteroatoms. The molecule has 1 aliphatic rings. The number of fused-ring (bicyclic) bond motifs is 1. The molecule has 0 saturated heterocycles. The van der Waals surface area contributed by atoms with Gasteiger partial charge in [-0.25, -0.2) is 9.79 Å². The molecule has 0 N–H and O–H groups in total. The second-order valence-corrected chi connectivity index (χ2v) is 10.1. The van der Waals surface area contributed by atoms with Gasteiger partial charge in [0.25, 0.3) is 5.56 Å². The third-order valence-electron chi connectivity index (χ3n) is 5.95. The van der Waals surface area contributed by atoms with Gasteiger partial charge >= 0.3 is 5.97 Å². The zero-order valence-corrected chi connectivity index (χ0v) is 21.7. The summed E-state index contributed by atoms with van der Waals surface area (Å²) in [6.45, 7) is 3.99. The molecule has 2 aromatic carbocycles. The van der Waals surface area contributed by atoms with Gasteiger partial charge in [0.05, 0.1) is 35.6 Å². The van der Waals surface area contributed by atoms with Gasteiger partial charge in [0.1, 0.15) is 5.75 Å². The van der Waals surface area contributed by atoms with Crippen LogP contribution in [0.25, 0.3) is 11.8 Å². The Morgan fingerprint density at radius 1 is 1.14 bits per heavy atom. The van der Waals surface area contributed by atoms with Crippen molar-refractivity contribution in [3.63, 3.8) is 0 Å². The van der Waals surface area contributed by atoms with Crippen molar-refractivity contribution in [3.8, 4) is 5.75 Å². The summed E-state index contributed by atoms with van der Waals surface area (Å²) in [5.41, 5.74) is 3.24. The van der Waals surface area contributed by atoms with Gasteiger partial charge in [-0.3, -0.25) is 9.36 Å². The first-order valence-electron chi connectivity index (χ1n) is 11.5. The fourth-order valence-corrected chi connectivity index (χ4v) is 6.13. The first-order valence-corrected chi connectivity index (χ1v) is 13.2. The smallest absolute Gasteiger partial charge is 0.338 e. The Hall–Kier alpha value is -3.75. The topological polar surface area (TPSA) is 69.9 Å². The highest BCUT2D eigenvalue weighted by atomic mass is 32.1. The molecule has 36 heavy (non-hydrogen) atoms. The van der Waals surface area contributed by atoms with Crippen LogP contribution in [0.5, 0.6) is 5.75 Å². The Kier molecular flexibility index (Phi) is 6.71. The lowest BCUT2D eigenvalue weighted by molar-refractivity contribution is -0.138. The Morgan fingerprint density at radius 2 is 1.94 bits per heavy atom. The molecule has 4 aromatic rings. The number of benzene rings is 2. The zero-order valence-electron chi connectivity index (χ0n) is 20.1. The number of aromatic nitrogens is 1. The fraction of sp³-hybridized carbons (Fsp3) is 0.179. The number of carbonyl (C=O) groups is 1. The van der Waals surface area contributed by atoms with Crippen molar-refractivity contribution >= 4 is 40.4 Å². The predicted octanol–water partition coefficient (Wildman–Crippen LogP) is 4.31. The number of hydrogen-bond donors (Lipinski definition) is 0. The summed E-state index contributed by atoms with van der Waals surface area (Å²) in [7, 11) is 1.59. The van der Waals surface area contributed by atoms with E-state index in [9.17, 15) is 9.59 Å². The molecule has 2 aromatic heterocycles. The second kappa shape index (κ2) is 10.1. The Bertz CT molecular complexity index is 1640. The SMILES string of the molecule is CCOC(=O)C1=C(c2ccccc2)N=c2s/c(=C\c3sccc3C)c(=O)n2[C@H]1c1cccc(OC)c1. The summed E-state index contributed by atoms with van der Waals surface area (Å²) < 4.78 is 13.1. The fourth-order valence-electron chi connectivity index (χ4n) is 4.22. The molecule has 5 rings (SSSR count). The van der Waals surface area contributed by atoms with E-state index in [4.69, 9.17) is 14.5 Å². The van der Waals surface area contributed by atoms with Crippen LogP contribution in [0.1, 0.15) is 34.5 Å². The summed E-state index contributed by atoms with van der Waals surface area (Å²) in [5, 5.41) is 2.00. The van der Waals surface area contributed by atoms with Gasteiger partial charge in [-0.1, -0.05) is 53.8 Å². The highest BCUT2D eigenvalue weighted by molar-refractivity contribution is 7.11. The molecule has 0 aliphatic carbocycles. The Morgan fingerprint density at radius 3 is 2.64 bits per heavy atom. The molecule has 0 bridgehead atoms. The van der Waals surface area contributed by atoms with E-state index >= 15 is 0 Å². The van der Waals surface area contributed by atoms with Crippen molar-refractivity contribution < 1.29 is 14.3 Å². The number of methoxy groups -OCH3 is 1. The van der Waals surface area contributed by atoms with Crippen molar-refractivity contribution in [2.45, 2.75) is 19.9 Å². The summed E-state index contributed by atoms with van der Waals surface area (Å²) in [4.78, 5) is 33.7. The maximum atomic E-state index is 13.8. The van der Waals surface area contributed by atoms with Crippen molar-refractivity contribution in [2.75, 3.05) is 13.7 Å². The average molecular weight is 517 g/mol. The number of thiophene rings is 1. The van der Waals surface area contributed by atoms with Gasteiger partial charge in [-0.05, 0) is 54.6 Å². The summed E-state index contributed by atoms with van der Waals surface area (Å²) in [6, 6.07) is 18.2. The molecule has 0 radical (unpaired) electrons. The van der Waals surface area contributed by atoms with Gasteiger partial charge in [0.15, 0.2) is 4.80 Å². The van der Waals surface area contributed by atoms with Crippen molar-refractivity contribution in [1.29, 1.82) is 0 Å². The first-order chi connectivity index (χ1) is 17.5. The van der Waals surface area contributed by atoms with Gasteiger partial charge in [-0.15, -0.1) is 11.3 Å². The van der Waals surface area contributed by atoms with E-state index in [1.165, 1.54) is 11.3 Å². The molecule has 3 heterocycles. The molecule has 6 nitrogen and oxygen atoms in total. The van der Waals surface area contributed by atoms with E-state index in [2.05, 4.69) is 0 Å². The number of hydrogen-bond acceptors (Lipinski definition) is 7. The molecule has 0 fully saturated rings. The third-order valence-corrected chi connectivity index (χ3v) is 7.90. The standard InChI is InChI=1S/C28H24N2O4S2/c1-4-34-27(32)23-24(18-9-6-5-7-10-18)29-28-30(25(23)19-11-8-12-20(15-19)33-3)26(31)22(36-28)16-21-17(2)13-14-35-21/h5-16,25H,4H2,1-3H3/b22-16-/t25-/m0/s1. The van der Waals surface area contributed by atoms with Crippen LogP contribution in [0.3, 0.4) is 0 Å². The van der Waals surface area contributed by atoms with Crippen molar-refractivity contribution in [2.24, 2.45) is 4.99 Å². The highest BCUT2D eigenvalue weighted by Gasteiger charge is 2.35. The van der Waals surface area contributed by atoms with Crippen LogP contribution in [-0.4, -0.2) is 24.3 Å². The molecule has 0 unspecified atom stereocenters. The Labute approximate surface area is 216 Å². The van der Waals surface area contributed by atoms with Crippen molar-refractivity contribution in [1.82, 2.24) is 4.57 Å². The van der Waals surface area contributed by atoms with E-state index < -0.39 is 12.0 Å². The molecular weight excluding hydrogens is 492 g/mol. The van der Waals surface area contributed by atoms with Crippen LogP contribution in [0, 0.1) is 6.92 Å². The maximum Gasteiger partial charge on any atom is 0.338 e. The molecular formula is C28H24N2O4S2. The molecule has 182 valence electrons. The molecule has 0 spiro atoms. The lowest BCUT2D eigenvalue weighted by Crippen LogP contribution is -2.40.